The zero-order valence-electron chi connectivity index (χ0n) is 18.2. The molecule has 1 atom stereocenters. The maximum absolute atomic E-state index is 13.7. The van der Waals surface area contributed by atoms with Gasteiger partial charge < -0.3 is 9.64 Å². The Morgan fingerprint density at radius 2 is 1.65 bits per heavy atom. The fraction of sp³-hybridized carbons (Fsp3) is 0.640. The smallest absolute Gasteiger partial charge is 0.329 e. The molecule has 0 N–H and O–H groups in total. The van der Waals surface area contributed by atoms with Crippen LogP contribution in [0.4, 0.5) is 0 Å². The van der Waals surface area contributed by atoms with E-state index in [1.165, 1.54) is 19.3 Å². The third-order valence-electron chi connectivity index (χ3n) is 8.04. The number of ketones is 1. The van der Waals surface area contributed by atoms with E-state index in [4.69, 9.17) is 4.74 Å². The quantitative estimate of drug-likeness (QED) is 0.373. The molecule has 5 fully saturated rings. The minimum Gasteiger partial charge on any atom is -0.456 e. The lowest BCUT2D eigenvalue weighted by atomic mass is 9.49. The zero-order chi connectivity index (χ0) is 21.6. The van der Waals surface area contributed by atoms with Gasteiger partial charge in [0.05, 0.1) is 5.41 Å². The number of nitrogens with zero attached hydrogens (tertiary/aromatic N) is 1. The number of carbonyl (C=O) groups is 3. The van der Waals surface area contributed by atoms with E-state index in [0.29, 0.717) is 36.3 Å². The first-order valence-electron chi connectivity index (χ1n) is 11.6. The highest BCUT2D eigenvalue weighted by atomic mass is 32.2. The number of benzene rings is 1. The van der Waals surface area contributed by atoms with Crippen molar-refractivity contribution < 1.29 is 19.1 Å². The summed E-state index contributed by atoms with van der Waals surface area (Å²) in [6, 6.07) is 6.78. The van der Waals surface area contributed by atoms with Gasteiger partial charge in [-0.15, -0.1) is 11.8 Å². The van der Waals surface area contributed by atoms with Gasteiger partial charge in [-0.05, 0) is 87.5 Å². The predicted molar refractivity (Wildman–Crippen MR) is 119 cm³/mol. The summed E-state index contributed by atoms with van der Waals surface area (Å²) in [6.07, 6.45) is 10.3. The topological polar surface area (TPSA) is 63.7 Å². The van der Waals surface area contributed by atoms with E-state index in [1.807, 2.05) is 18.4 Å². The van der Waals surface area contributed by atoms with Crippen molar-refractivity contribution in [1.29, 1.82) is 0 Å². The van der Waals surface area contributed by atoms with Crippen LogP contribution in [0.2, 0.25) is 0 Å². The van der Waals surface area contributed by atoms with Gasteiger partial charge in [0.15, 0.2) is 12.4 Å². The van der Waals surface area contributed by atoms with Gasteiger partial charge in [-0.2, -0.15) is 0 Å². The van der Waals surface area contributed by atoms with Crippen LogP contribution >= 0.6 is 11.8 Å². The molecule has 1 saturated heterocycles. The molecule has 0 aromatic heterocycles. The Bertz CT molecular complexity index is 845. The Kier molecular flexibility index (Phi) is 5.61. The third-order valence-corrected chi connectivity index (χ3v) is 8.78. The molecule has 0 radical (unpaired) electrons. The standard InChI is InChI=1S/C25H31NO4S/c1-31-20-6-4-19(5-7-20)22(27)15-30-23(28)21-3-2-8-26(21)24(29)25-12-16-9-17(13-25)11-18(10-16)14-25/h4-7,16-18,21H,2-3,8-15H2,1H3. The van der Waals surface area contributed by atoms with E-state index in [1.54, 1.807) is 28.8 Å². The Morgan fingerprint density at radius 1 is 1.03 bits per heavy atom. The van der Waals surface area contributed by atoms with E-state index in [-0.39, 0.29) is 23.7 Å². The van der Waals surface area contributed by atoms with Crippen LogP contribution in [0.25, 0.3) is 0 Å². The molecule has 0 spiro atoms. The average Bonchev–Trinajstić information content (AvgIpc) is 3.25. The molecule has 4 aliphatic carbocycles. The second-order valence-electron chi connectivity index (χ2n) is 10.1. The van der Waals surface area contributed by atoms with Crippen molar-refractivity contribution in [2.75, 3.05) is 19.4 Å². The molecule has 4 bridgehead atoms. The molecule has 5 nitrogen and oxygen atoms in total. The average molecular weight is 442 g/mol. The van der Waals surface area contributed by atoms with Crippen molar-refractivity contribution in [1.82, 2.24) is 4.90 Å². The summed E-state index contributed by atoms with van der Waals surface area (Å²) in [4.78, 5) is 41.9. The molecule has 1 aliphatic heterocycles. The van der Waals surface area contributed by atoms with E-state index in [2.05, 4.69) is 0 Å². The van der Waals surface area contributed by atoms with Crippen molar-refractivity contribution in [2.24, 2.45) is 23.2 Å². The SMILES string of the molecule is CSc1ccc(C(=O)COC(=O)C2CCCN2C(=O)C23CC4CC(CC(C4)C2)C3)cc1. The lowest BCUT2D eigenvalue weighted by molar-refractivity contribution is -0.165. The van der Waals surface area contributed by atoms with E-state index < -0.39 is 12.0 Å². The van der Waals surface area contributed by atoms with Crippen LogP contribution < -0.4 is 0 Å². The second-order valence-corrected chi connectivity index (χ2v) is 11.0. The summed E-state index contributed by atoms with van der Waals surface area (Å²) in [5.74, 6) is 1.63. The van der Waals surface area contributed by atoms with Gasteiger partial charge in [0.2, 0.25) is 5.91 Å². The number of Topliss-reactive ketones (excluding diaryl/α,β-unsaturated/α-hetero) is 1. The molecule has 6 rings (SSSR count). The van der Waals surface area contributed by atoms with Crippen molar-refractivity contribution in [2.45, 2.75) is 62.3 Å². The van der Waals surface area contributed by atoms with Crippen LogP contribution in [0.3, 0.4) is 0 Å². The first-order chi connectivity index (χ1) is 15.0. The summed E-state index contributed by atoms with van der Waals surface area (Å²) in [6.45, 7) is 0.359. The summed E-state index contributed by atoms with van der Waals surface area (Å²) in [7, 11) is 0. The van der Waals surface area contributed by atoms with Crippen LogP contribution in [0.5, 0.6) is 0 Å². The maximum atomic E-state index is 13.7. The van der Waals surface area contributed by atoms with E-state index >= 15 is 0 Å². The van der Waals surface area contributed by atoms with Gasteiger partial charge in [0.25, 0.3) is 0 Å². The molecular weight excluding hydrogens is 410 g/mol. The maximum Gasteiger partial charge on any atom is 0.329 e. The van der Waals surface area contributed by atoms with Crippen molar-refractivity contribution >= 4 is 29.4 Å². The lowest BCUT2D eigenvalue weighted by Gasteiger charge is -2.56. The van der Waals surface area contributed by atoms with Gasteiger partial charge in [-0.25, -0.2) is 4.79 Å². The minimum absolute atomic E-state index is 0.185. The number of hydrogen-bond acceptors (Lipinski definition) is 5. The number of rotatable bonds is 6. The van der Waals surface area contributed by atoms with Crippen LogP contribution in [0.1, 0.15) is 61.7 Å². The Morgan fingerprint density at radius 3 is 2.23 bits per heavy atom. The normalized spacial score (nSPS) is 33.5. The van der Waals surface area contributed by atoms with Crippen molar-refractivity contribution in [3.8, 4) is 0 Å². The molecule has 1 amide bonds. The van der Waals surface area contributed by atoms with Gasteiger partial charge in [0, 0.05) is 17.0 Å². The largest absolute Gasteiger partial charge is 0.456 e. The Labute approximate surface area is 188 Å². The fourth-order valence-electron chi connectivity index (χ4n) is 7.03. The number of amides is 1. The number of carbonyl (C=O) groups excluding carboxylic acids is 3. The highest BCUT2D eigenvalue weighted by molar-refractivity contribution is 7.98. The summed E-state index contributed by atoms with van der Waals surface area (Å²) in [5, 5.41) is 0. The molecule has 1 heterocycles. The minimum atomic E-state index is -0.535. The highest BCUT2D eigenvalue weighted by Crippen LogP contribution is 2.60. The molecular formula is C25H31NO4S. The molecule has 31 heavy (non-hydrogen) atoms. The van der Waals surface area contributed by atoms with Crippen molar-refractivity contribution in [3.05, 3.63) is 29.8 Å². The third kappa shape index (κ3) is 3.92. The van der Waals surface area contributed by atoms with Crippen molar-refractivity contribution in [3.63, 3.8) is 0 Å². The zero-order valence-corrected chi connectivity index (χ0v) is 19.0. The molecule has 5 aliphatic rings. The van der Waals surface area contributed by atoms with Crippen LogP contribution in [-0.2, 0) is 14.3 Å². The molecule has 1 unspecified atom stereocenters. The first kappa shape index (κ1) is 21.0. The van der Waals surface area contributed by atoms with Gasteiger partial charge in [-0.1, -0.05) is 12.1 Å². The Balaban J connectivity index is 1.22. The number of likely N-dealkylation sites (tertiary alicyclic amines) is 1. The fourth-order valence-corrected chi connectivity index (χ4v) is 7.43. The summed E-state index contributed by atoms with van der Waals surface area (Å²) < 4.78 is 5.41. The highest BCUT2D eigenvalue weighted by Gasteiger charge is 2.57. The monoisotopic (exact) mass is 441 g/mol. The second kappa shape index (κ2) is 8.27. The molecule has 6 heteroatoms. The van der Waals surface area contributed by atoms with Crippen LogP contribution in [0.15, 0.2) is 29.2 Å². The van der Waals surface area contributed by atoms with Gasteiger partial charge >= 0.3 is 5.97 Å². The van der Waals surface area contributed by atoms with Gasteiger partial charge in [0.1, 0.15) is 6.04 Å². The number of hydrogen-bond donors (Lipinski definition) is 0. The number of thioether (sulfide) groups is 1. The predicted octanol–water partition coefficient (Wildman–Crippen LogP) is 4.34. The summed E-state index contributed by atoms with van der Waals surface area (Å²) in [5.41, 5.74) is 0.297. The Hall–Kier alpha value is -1.82. The molecule has 166 valence electrons. The van der Waals surface area contributed by atoms with E-state index in [0.717, 1.165) is 30.6 Å². The molecule has 1 aromatic rings. The lowest BCUT2D eigenvalue weighted by Crippen LogP contribution is -2.56. The first-order valence-corrected chi connectivity index (χ1v) is 12.8. The summed E-state index contributed by atoms with van der Waals surface area (Å²) >= 11 is 1.61. The molecule has 1 aromatic carbocycles. The molecule has 4 saturated carbocycles. The van der Waals surface area contributed by atoms with Gasteiger partial charge in [-0.3, -0.25) is 9.59 Å². The van der Waals surface area contributed by atoms with E-state index in [9.17, 15) is 14.4 Å². The number of ether oxygens (including phenoxy) is 1. The number of esters is 1. The van der Waals surface area contributed by atoms with Crippen LogP contribution in [-0.4, -0.2) is 48.0 Å². The van der Waals surface area contributed by atoms with Crippen LogP contribution in [0, 0.1) is 23.2 Å².